The second-order valence-corrected chi connectivity index (χ2v) is 3.86. The third-order valence-electron chi connectivity index (χ3n) is 2.30. The van der Waals surface area contributed by atoms with Crippen LogP contribution in [0.4, 0.5) is 5.69 Å². The number of nitrogens with one attached hydrogen (secondary N) is 1. The van der Waals surface area contributed by atoms with E-state index < -0.39 is 0 Å². The zero-order valence-electron chi connectivity index (χ0n) is 10.6. The first-order valence-electron chi connectivity index (χ1n) is 5.71. The minimum Gasteiger partial charge on any atom is -0.483 e. The van der Waals surface area contributed by atoms with Crippen LogP contribution >= 0.6 is 0 Å². The van der Waals surface area contributed by atoms with E-state index in [1.165, 1.54) is 13.0 Å². The predicted molar refractivity (Wildman–Crippen MR) is 69.6 cm³/mol. The molecule has 0 bridgehead atoms. The molecule has 1 rings (SSSR count). The van der Waals surface area contributed by atoms with Gasteiger partial charge in [0.25, 0.3) is 5.91 Å². The number of nitriles is 1. The maximum atomic E-state index is 11.4. The number of amides is 1. The van der Waals surface area contributed by atoms with Gasteiger partial charge in [-0.05, 0) is 25.1 Å². The average molecular weight is 261 g/mol. The second kappa shape index (κ2) is 7.01. The monoisotopic (exact) mass is 261 g/mol. The lowest BCUT2D eigenvalue weighted by atomic mass is 10.1. The summed E-state index contributed by atoms with van der Waals surface area (Å²) in [6.07, 6.45) is 0.242. The van der Waals surface area contributed by atoms with E-state index in [0.717, 1.165) is 0 Å². The number of rotatable bonds is 6. The number of carbonyl (C=O) groups excluding carboxylic acids is 2. The van der Waals surface area contributed by atoms with Gasteiger partial charge in [0.2, 0.25) is 0 Å². The minimum atomic E-state index is -0.346. The number of Topliss-reactive ketones (excluding diaryl/α,β-unsaturated/α-hetero) is 1. The minimum absolute atomic E-state index is 0.188. The zero-order chi connectivity index (χ0) is 14.3. The molecule has 6 nitrogen and oxygen atoms in total. The van der Waals surface area contributed by atoms with E-state index in [0.29, 0.717) is 17.0 Å². The van der Waals surface area contributed by atoms with Gasteiger partial charge in [-0.3, -0.25) is 9.59 Å². The predicted octanol–water partition coefficient (Wildman–Crippen LogP) is 0.880. The number of nitrogens with zero attached hydrogens (tertiary/aromatic N) is 1. The highest BCUT2D eigenvalue weighted by molar-refractivity contribution is 5.97. The molecule has 0 atom stereocenters. The Labute approximate surface area is 111 Å². The highest BCUT2D eigenvalue weighted by Gasteiger charge is 2.10. The van der Waals surface area contributed by atoms with Crippen LogP contribution in [0.15, 0.2) is 18.2 Å². The molecule has 0 heterocycles. The smallest absolute Gasteiger partial charge is 0.257 e. The summed E-state index contributed by atoms with van der Waals surface area (Å²) >= 11 is 0. The standard InChI is InChI=1S/C13H15N3O3/c1-9(17)11-7-10(15)3-4-12(11)19-8-13(18)16-6-2-5-14/h3-4,7H,2,6,8,15H2,1H3,(H,16,18). The number of anilines is 1. The van der Waals surface area contributed by atoms with Crippen molar-refractivity contribution in [1.82, 2.24) is 5.32 Å². The highest BCUT2D eigenvalue weighted by Crippen LogP contribution is 2.21. The van der Waals surface area contributed by atoms with Gasteiger partial charge >= 0.3 is 0 Å². The Morgan fingerprint density at radius 3 is 2.84 bits per heavy atom. The Balaban J connectivity index is 2.60. The lowest BCUT2D eigenvalue weighted by Gasteiger charge is -2.10. The molecule has 0 fully saturated rings. The van der Waals surface area contributed by atoms with Gasteiger partial charge < -0.3 is 15.8 Å². The molecule has 0 radical (unpaired) electrons. The van der Waals surface area contributed by atoms with Crippen LogP contribution in [0.5, 0.6) is 5.75 Å². The third-order valence-corrected chi connectivity index (χ3v) is 2.30. The van der Waals surface area contributed by atoms with Gasteiger partial charge in [0.05, 0.1) is 18.1 Å². The summed E-state index contributed by atoms with van der Waals surface area (Å²) in [6, 6.07) is 6.56. The topological polar surface area (TPSA) is 105 Å². The number of hydrogen-bond donors (Lipinski definition) is 2. The van der Waals surface area contributed by atoms with E-state index >= 15 is 0 Å². The second-order valence-electron chi connectivity index (χ2n) is 3.86. The van der Waals surface area contributed by atoms with Crippen LogP contribution in [0.1, 0.15) is 23.7 Å². The number of hydrogen-bond acceptors (Lipinski definition) is 5. The van der Waals surface area contributed by atoms with Crippen molar-refractivity contribution in [2.24, 2.45) is 0 Å². The fourth-order valence-electron chi connectivity index (χ4n) is 1.40. The molecule has 100 valence electrons. The summed E-state index contributed by atoms with van der Waals surface area (Å²) in [6.45, 7) is 1.46. The summed E-state index contributed by atoms with van der Waals surface area (Å²) in [5, 5.41) is 10.8. The van der Waals surface area contributed by atoms with Crippen LogP contribution in [-0.4, -0.2) is 24.8 Å². The van der Waals surface area contributed by atoms with Gasteiger partial charge in [-0.25, -0.2) is 0 Å². The van der Waals surface area contributed by atoms with Crippen LogP contribution in [0.3, 0.4) is 0 Å². The molecule has 1 amide bonds. The lowest BCUT2D eigenvalue weighted by molar-refractivity contribution is -0.123. The summed E-state index contributed by atoms with van der Waals surface area (Å²) in [5.41, 5.74) is 6.38. The van der Waals surface area contributed by atoms with E-state index in [4.69, 9.17) is 15.7 Å². The molecular formula is C13H15N3O3. The van der Waals surface area contributed by atoms with Crippen molar-refractivity contribution < 1.29 is 14.3 Å². The van der Waals surface area contributed by atoms with Crippen LogP contribution in [0, 0.1) is 11.3 Å². The van der Waals surface area contributed by atoms with Crippen molar-refractivity contribution in [3.8, 4) is 11.8 Å². The maximum absolute atomic E-state index is 11.4. The molecule has 1 aromatic rings. The van der Waals surface area contributed by atoms with E-state index in [1.807, 2.05) is 6.07 Å². The van der Waals surface area contributed by atoms with Crippen molar-refractivity contribution in [2.45, 2.75) is 13.3 Å². The first kappa shape index (κ1) is 14.5. The molecule has 0 aliphatic heterocycles. The van der Waals surface area contributed by atoms with Crippen molar-refractivity contribution >= 4 is 17.4 Å². The molecule has 1 aromatic carbocycles. The highest BCUT2D eigenvalue weighted by atomic mass is 16.5. The number of benzene rings is 1. The number of ether oxygens (including phenoxy) is 1. The normalized spacial score (nSPS) is 9.47. The van der Waals surface area contributed by atoms with E-state index in [1.54, 1.807) is 12.1 Å². The first-order chi connectivity index (χ1) is 9.04. The van der Waals surface area contributed by atoms with E-state index in [2.05, 4.69) is 5.32 Å². The molecule has 0 aromatic heterocycles. The van der Waals surface area contributed by atoms with Gasteiger partial charge in [0.1, 0.15) is 5.75 Å². The van der Waals surface area contributed by atoms with Crippen LogP contribution < -0.4 is 15.8 Å². The number of nitrogen functional groups attached to an aromatic ring is 1. The van der Waals surface area contributed by atoms with Crippen molar-refractivity contribution in [3.63, 3.8) is 0 Å². The van der Waals surface area contributed by atoms with Crippen molar-refractivity contribution in [3.05, 3.63) is 23.8 Å². The number of ketones is 1. The molecule has 3 N–H and O–H groups in total. The summed E-state index contributed by atoms with van der Waals surface area (Å²) in [4.78, 5) is 22.8. The molecule has 0 aliphatic carbocycles. The number of nitrogens with two attached hydrogens (primary N) is 1. The van der Waals surface area contributed by atoms with Crippen molar-refractivity contribution in [1.29, 1.82) is 5.26 Å². The molecule has 0 unspecified atom stereocenters. The zero-order valence-corrected chi connectivity index (χ0v) is 10.6. The van der Waals surface area contributed by atoms with Crippen LogP contribution in [0.25, 0.3) is 0 Å². The van der Waals surface area contributed by atoms with Gasteiger partial charge in [-0.15, -0.1) is 0 Å². The molecular weight excluding hydrogens is 246 g/mol. The molecule has 0 spiro atoms. The summed E-state index contributed by atoms with van der Waals surface area (Å²) in [5.74, 6) is -0.217. The lowest BCUT2D eigenvalue weighted by Crippen LogP contribution is -2.29. The Kier molecular flexibility index (Phi) is 5.35. The third kappa shape index (κ3) is 4.68. The molecule has 0 saturated heterocycles. The fourth-order valence-corrected chi connectivity index (χ4v) is 1.40. The fraction of sp³-hybridized carbons (Fsp3) is 0.308. The Hall–Kier alpha value is -2.55. The summed E-state index contributed by atoms with van der Waals surface area (Å²) < 4.78 is 5.27. The molecule has 19 heavy (non-hydrogen) atoms. The van der Waals surface area contributed by atoms with Gasteiger partial charge in [0, 0.05) is 12.2 Å². The van der Waals surface area contributed by atoms with E-state index in [-0.39, 0.29) is 31.3 Å². The molecule has 0 saturated carbocycles. The Bertz CT molecular complexity index is 520. The Morgan fingerprint density at radius 1 is 1.47 bits per heavy atom. The molecule has 0 aliphatic rings. The summed E-state index contributed by atoms with van der Waals surface area (Å²) in [7, 11) is 0. The quantitative estimate of drug-likeness (QED) is 0.449. The largest absolute Gasteiger partial charge is 0.483 e. The first-order valence-corrected chi connectivity index (χ1v) is 5.71. The average Bonchev–Trinajstić information content (AvgIpc) is 2.37. The van der Waals surface area contributed by atoms with Gasteiger partial charge in [-0.1, -0.05) is 0 Å². The maximum Gasteiger partial charge on any atom is 0.257 e. The molecule has 6 heteroatoms. The van der Waals surface area contributed by atoms with Crippen LogP contribution in [0.2, 0.25) is 0 Å². The SMILES string of the molecule is CC(=O)c1cc(N)ccc1OCC(=O)NCCC#N. The Morgan fingerprint density at radius 2 is 2.21 bits per heavy atom. The van der Waals surface area contributed by atoms with Crippen molar-refractivity contribution in [2.75, 3.05) is 18.9 Å². The van der Waals surface area contributed by atoms with Gasteiger partial charge in [0.15, 0.2) is 12.4 Å². The van der Waals surface area contributed by atoms with E-state index in [9.17, 15) is 9.59 Å². The number of carbonyl (C=O) groups is 2. The van der Waals surface area contributed by atoms with Gasteiger partial charge in [-0.2, -0.15) is 5.26 Å². The van der Waals surface area contributed by atoms with Crippen LogP contribution in [-0.2, 0) is 4.79 Å².